The van der Waals surface area contributed by atoms with Crippen molar-refractivity contribution in [2.75, 3.05) is 13.2 Å². The number of rotatable bonds is 9. The fourth-order valence-corrected chi connectivity index (χ4v) is 6.65. The van der Waals surface area contributed by atoms with Crippen molar-refractivity contribution < 1.29 is 27.8 Å². The number of hydrogen-bond donors (Lipinski definition) is 0. The Hall–Kier alpha value is -1.85. The highest BCUT2D eigenvalue weighted by molar-refractivity contribution is 5.72. The van der Waals surface area contributed by atoms with Crippen molar-refractivity contribution in [2.24, 2.45) is 29.6 Å². The number of esters is 1. The summed E-state index contributed by atoms with van der Waals surface area (Å²) < 4.78 is 44.9. The molecule has 0 saturated heterocycles. The molecule has 3 saturated carbocycles. The van der Waals surface area contributed by atoms with Gasteiger partial charge < -0.3 is 14.2 Å². The molecule has 4 nitrogen and oxygen atoms in total. The minimum absolute atomic E-state index is 0.00534. The van der Waals surface area contributed by atoms with E-state index < -0.39 is 11.6 Å². The number of carbonyl (C=O) groups excluding carboxylic acids is 1. The summed E-state index contributed by atoms with van der Waals surface area (Å²) in [6, 6.07) is 2.82. The first-order valence-electron chi connectivity index (χ1n) is 13.9. The summed E-state index contributed by atoms with van der Waals surface area (Å²) in [5.74, 6) is 0.528. The van der Waals surface area contributed by atoms with Crippen LogP contribution in [-0.4, -0.2) is 25.3 Å². The van der Waals surface area contributed by atoms with Gasteiger partial charge in [-0.05, 0) is 101 Å². The third kappa shape index (κ3) is 6.68. The standard InChI is InChI=1S/C29H42F2O4/c1-3-5-19-6-9-22-17-23(11-10-21(22)16-19)29(32)35-24-12-7-20(8-13-24)18-34-26-15-14-25(33-4-2)27(30)28(26)31/h14-15,19-24H,3-13,16-18H2,1-2H3. The first-order chi connectivity index (χ1) is 17.0. The second kappa shape index (κ2) is 12.4. The Labute approximate surface area is 209 Å². The smallest absolute Gasteiger partial charge is 0.309 e. The molecular formula is C29H42F2O4. The van der Waals surface area contributed by atoms with Gasteiger partial charge >= 0.3 is 5.97 Å². The van der Waals surface area contributed by atoms with Crippen molar-refractivity contribution in [3.63, 3.8) is 0 Å². The molecule has 0 aliphatic heterocycles. The lowest BCUT2D eigenvalue weighted by molar-refractivity contribution is -0.158. The average molecular weight is 493 g/mol. The van der Waals surface area contributed by atoms with E-state index in [1.54, 1.807) is 6.92 Å². The number of hydrogen-bond acceptors (Lipinski definition) is 4. The zero-order chi connectivity index (χ0) is 24.8. The molecule has 4 unspecified atom stereocenters. The van der Waals surface area contributed by atoms with Gasteiger partial charge in [0.1, 0.15) is 6.10 Å². The molecular weight excluding hydrogens is 450 g/mol. The van der Waals surface area contributed by atoms with E-state index in [1.165, 1.54) is 50.7 Å². The van der Waals surface area contributed by atoms with Crippen molar-refractivity contribution in [3.05, 3.63) is 23.8 Å². The number of ether oxygens (including phenoxy) is 3. The SMILES string of the molecule is CCCC1CCC2CC(C(=O)OC3CCC(COc4ccc(OCC)c(F)c4F)CC3)CCC2C1. The van der Waals surface area contributed by atoms with Gasteiger partial charge in [-0.25, -0.2) is 0 Å². The monoisotopic (exact) mass is 492 g/mol. The van der Waals surface area contributed by atoms with E-state index in [4.69, 9.17) is 14.2 Å². The Kier molecular flexibility index (Phi) is 9.29. The molecule has 35 heavy (non-hydrogen) atoms. The molecule has 6 heteroatoms. The number of carbonyl (C=O) groups is 1. The van der Waals surface area contributed by atoms with Crippen LogP contribution in [0.25, 0.3) is 0 Å². The summed E-state index contributed by atoms with van der Waals surface area (Å²) in [4.78, 5) is 12.9. The third-order valence-electron chi connectivity index (χ3n) is 8.61. The van der Waals surface area contributed by atoms with Gasteiger partial charge in [0, 0.05) is 0 Å². The van der Waals surface area contributed by atoms with E-state index in [2.05, 4.69) is 6.92 Å². The molecule has 1 aromatic rings. The lowest BCUT2D eigenvalue weighted by atomic mass is 9.64. The van der Waals surface area contributed by atoms with Gasteiger partial charge in [0.2, 0.25) is 11.6 Å². The number of halogens is 2. The van der Waals surface area contributed by atoms with Crippen LogP contribution < -0.4 is 9.47 Å². The molecule has 3 fully saturated rings. The van der Waals surface area contributed by atoms with Crippen LogP contribution in [0.5, 0.6) is 11.5 Å². The fourth-order valence-electron chi connectivity index (χ4n) is 6.65. The van der Waals surface area contributed by atoms with E-state index >= 15 is 0 Å². The highest BCUT2D eigenvalue weighted by atomic mass is 19.2. The topological polar surface area (TPSA) is 44.8 Å². The average Bonchev–Trinajstić information content (AvgIpc) is 2.87. The Bertz CT molecular complexity index is 836. The van der Waals surface area contributed by atoms with E-state index in [0.29, 0.717) is 12.5 Å². The van der Waals surface area contributed by atoms with Gasteiger partial charge in [-0.2, -0.15) is 8.78 Å². The molecule has 0 heterocycles. The molecule has 1 aromatic carbocycles. The quantitative estimate of drug-likeness (QED) is 0.335. The van der Waals surface area contributed by atoms with Crippen LogP contribution in [0.2, 0.25) is 0 Å². The second-order valence-corrected chi connectivity index (χ2v) is 11.0. The van der Waals surface area contributed by atoms with Gasteiger partial charge in [-0.15, -0.1) is 0 Å². The summed E-state index contributed by atoms with van der Waals surface area (Å²) in [5.41, 5.74) is 0. The molecule has 0 radical (unpaired) electrons. The first kappa shape index (κ1) is 26.2. The predicted molar refractivity (Wildman–Crippen MR) is 131 cm³/mol. The van der Waals surface area contributed by atoms with E-state index in [-0.39, 0.29) is 42.0 Å². The Morgan fingerprint density at radius 2 is 1.46 bits per heavy atom. The van der Waals surface area contributed by atoms with E-state index in [1.807, 2.05) is 0 Å². The maximum absolute atomic E-state index is 14.2. The van der Waals surface area contributed by atoms with Gasteiger partial charge in [0.15, 0.2) is 11.5 Å². The van der Waals surface area contributed by atoms with E-state index in [9.17, 15) is 13.6 Å². The lowest BCUT2D eigenvalue weighted by Gasteiger charge is -2.42. The summed E-state index contributed by atoms with van der Waals surface area (Å²) in [5, 5.41) is 0. The van der Waals surface area contributed by atoms with Gasteiger partial charge in [-0.1, -0.05) is 26.2 Å². The minimum atomic E-state index is -1.01. The van der Waals surface area contributed by atoms with Crippen LogP contribution in [-0.2, 0) is 9.53 Å². The van der Waals surface area contributed by atoms with Crippen molar-refractivity contribution in [3.8, 4) is 11.5 Å². The van der Waals surface area contributed by atoms with Crippen molar-refractivity contribution in [2.45, 2.75) is 97.0 Å². The van der Waals surface area contributed by atoms with Crippen molar-refractivity contribution >= 4 is 5.97 Å². The highest BCUT2D eigenvalue weighted by Gasteiger charge is 2.39. The normalized spacial score (nSPS) is 30.9. The van der Waals surface area contributed by atoms with E-state index in [0.717, 1.165) is 50.4 Å². The summed E-state index contributed by atoms with van der Waals surface area (Å²) in [7, 11) is 0. The van der Waals surface area contributed by atoms with Crippen LogP contribution in [0.15, 0.2) is 12.1 Å². The lowest BCUT2D eigenvalue weighted by Crippen LogP contribution is -2.36. The molecule has 0 spiro atoms. The largest absolute Gasteiger partial charge is 0.491 e. The number of benzene rings is 1. The Morgan fingerprint density at radius 1 is 0.829 bits per heavy atom. The molecule has 3 aliphatic carbocycles. The van der Waals surface area contributed by atoms with Crippen LogP contribution in [0.3, 0.4) is 0 Å². The highest BCUT2D eigenvalue weighted by Crippen LogP contribution is 2.46. The zero-order valence-electron chi connectivity index (χ0n) is 21.4. The zero-order valence-corrected chi connectivity index (χ0v) is 21.4. The van der Waals surface area contributed by atoms with Crippen molar-refractivity contribution in [1.82, 2.24) is 0 Å². The van der Waals surface area contributed by atoms with Crippen LogP contribution >= 0.6 is 0 Å². The molecule has 0 aromatic heterocycles. The predicted octanol–water partition coefficient (Wildman–Crippen LogP) is 7.48. The fraction of sp³-hybridized carbons (Fsp3) is 0.759. The summed E-state index contributed by atoms with van der Waals surface area (Å²) in [6.45, 7) is 4.60. The van der Waals surface area contributed by atoms with Gasteiger partial charge in [0.05, 0.1) is 19.1 Å². The molecule has 0 bridgehead atoms. The molecule has 4 rings (SSSR count). The molecule has 0 N–H and O–H groups in total. The molecule has 0 amide bonds. The maximum Gasteiger partial charge on any atom is 0.309 e. The minimum Gasteiger partial charge on any atom is -0.491 e. The Balaban J connectivity index is 1.17. The van der Waals surface area contributed by atoms with Crippen molar-refractivity contribution in [1.29, 1.82) is 0 Å². The van der Waals surface area contributed by atoms with Gasteiger partial charge in [0.25, 0.3) is 0 Å². The summed E-state index contributed by atoms with van der Waals surface area (Å²) >= 11 is 0. The van der Waals surface area contributed by atoms with Crippen LogP contribution in [0, 0.1) is 41.2 Å². The number of fused-ring (bicyclic) bond motifs is 1. The van der Waals surface area contributed by atoms with Crippen LogP contribution in [0.4, 0.5) is 8.78 Å². The molecule has 3 aliphatic rings. The molecule has 196 valence electrons. The first-order valence-corrected chi connectivity index (χ1v) is 13.9. The van der Waals surface area contributed by atoms with Gasteiger partial charge in [-0.3, -0.25) is 4.79 Å². The second-order valence-electron chi connectivity index (χ2n) is 11.0. The van der Waals surface area contributed by atoms with Crippen LogP contribution in [0.1, 0.15) is 90.9 Å². The third-order valence-corrected chi connectivity index (χ3v) is 8.61. The maximum atomic E-state index is 14.2. The molecule has 4 atom stereocenters. The Morgan fingerprint density at radius 3 is 2.14 bits per heavy atom. The summed E-state index contributed by atoms with van der Waals surface area (Å²) in [6.07, 6.45) is 13.1.